The normalized spacial score (nSPS) is 7.40. The van der Waals surface area contributed by atoms with Gasteiger partial charge in [0.1, 0.15) is 0 Å². The monoisotopic (exact) mass is 157 g/mol. The molecule has 0 aliphatic heterocycles. The standard InChI is InChI=1S/C2H4BrN.ClH/c3-1-2-4;/h1-2H,4H2;1H. The van der Waals surface area contributed by atoms with Crippen molar-refractivity contribution in [3.05, 3.63) is 11.2 Å². The Morgan fingerprint density at radius 2 is 1.80 bits per heavy atom. The molecule has 0 aromatic carbocycles. The van der Waals surface area contributed by atoms with Crippen LogP contribution in [-0.4, -0.2) is 0 Å². The van der Waals surface area contributed by atoms with Gasteiger partial charge in [0.15, 0.2) is 0 Å². The molecule has 0 aromatic heterocycles. The van der Waals surface area contributed by atoms with Gasteiger partial charge in [-0.25, -0.2) is 0 Å². The van der Waals surface area contributed by atoms with Crippen LogP contribution in [0.1, 0.15) is 0 Å². The zero-order valence-corrected chi connectivity index (χ0v) is 4.92. The van der Waals surface area contributed by atoms with Crippen LogP contribution in [0.15, 0.2) is 11.2 Å². The van der Waals surface area contributed by atoms with E-state index in [0.717, 1.165) is 0 Å². The van der Waals surface area contributed by atoms with Crippen LogP contribution < -0.4 is 5.73 Å². The minimum absolute atomic E-state index is 0. The van der Waals surface area contributed by atoms with E-state index in [9.17, 15) is 0 Å². The zero-order valence-electron chi connectivity index (χ0n) is 2.52. The minimum Gasteiger partial charge on any atom is -0.404 e. The first-order valence-electron chi connectivity index (χ1n) is 0.885. The molecule has 0 saturated carbocycles. The summed E-state index contributed by atoms with van der Waals surface area (Å²) in [5.74, 6) is 0. The van der Waals surface area contributed by atoms with Crippen LogP contribution in [0.5, 0.6) is 0 Å². The second kappa shape index (κ2) is 8.85. The summed E-state index contributed by atoms with van der Waals surface area (Å²) in [6, 6.07) is 0. The summed E-state index contributed by atoms with van der Waals surface area (Å²) in [6.45, 7) is 0. The lowest BCUT2D eigenvalue weighted by Crippen LogP contribution is -1.69. The Labute approximate surface area is 45.8 Å². The van der Waals surface area contributed by atoms with E-state index in [1.54, 1.807) is 4.99 Å². The first-order chi connectivity index (χ1) is 1.91. The summed E-state index contributed by atoms with van der Waals surface area (Å²) in [7, 11) is 0. The van der Waals surface area contributed by atoms with Crippen molar-refractivity contribution in [2.75, 3.05) is 0 Å². The van der Waals surface area contributed by atoms with E-state index in [1.165, 1.54) is 6.20 Å². The highest BCUT2D eigenvalue weighted by atomic mass is 79.9. The van der Waals surface area contributed by atoms with Gasteiger partial charge in [-0.2, -0.15) is 0 Å². The van der Waals surface area contributed by atoms with E-state index in [0.29, 0.717) is 0 Å². The van der Waals surface area contributed by atoms with E-state index in [4.69, 9.17) is 5.73 Å². The zero-order chi connectivity index (χ0) is 3.41. The molecule has 0 unspecified atom stereocenters. The molecule has 0 aliphatic carbocycles. The Bertz CT molecular complexity index is 24.8. The van der Waals surface area contributed by atoms with E-state index in [1.807, 2.05) is 0 Å². The Morgan fingerprint density at radius 1 is 1.60 bits per heavy atom. The lowest BCUT2D eigenvalue weighted by Gasteiger charge is -1.51. The van der Waals surface area contributed by atoms with Crippen molar-refractivity contribution >= 4 is 28.3 Å². The minimum atomic E-state index is 0. The molecule has 0 rings (SSSR count). The van der Waals surface area contributed by atoms with Gasteiger partial charge in [0.25, 0.3) is 0 Å². The third-order valence-electron chi connectivity index (χ3n) is 0.0727. The molecule has 2 N–H and O–H groups in total. The molecule has 0 bridgehead atoms. The van der Waals surface area contributed by atoms with Crippen molar-refractivity contribution in [3.8, 4) is 0 Å². The predicted octanol–water partition coefficient (Wildman–Crippen LogP) is 1.23. The van der Waals surface area contributed by atoms with Gasteiger partial charge < -0.3 is 5.73 Å². The molecule has 32 valence electrons. The third-order valence-corrected chi connectivity index (χ3v) is 0.378. The van der Waals surface area contributed by atoms with Crippen LogP contribution in [0.4, 0.5) is 0 Å². The highest BCUT2D eigenvalue weighted by molar-refractivity contribution is 9.11. The molecule has 0 heterocycles. The Kier molecular flexibility index (Phi) is 15.9. The number of halogens is 2. The highest BCUT2D eigenvalue weighted by Crippen LogP contribution is 1.72. The maximum Gasteiger partial charge on any atom is 0.000801 e. The smallest absolute Gasteiger partial charge is 0.000801 e. The maximum atomic E-state index is 4.80. The van der Waals surface area contributed by atoms with E-state index < -0.39 is 0 Å². The van der Waals surface area contributed by atoms with Gasteiger partial charge >= 0.3 is 0 Å². The highest BCUT2D eigenvalue weighted by Gasteiger charge is 1.35. The van der Waals surface area contributed by atoms with Crippen molar-refractivity contribution in [2.24, 2.45) is 5.73 Å². The fourth-order valence-corrected chi connectivity index (χ4v) is 0. The Hall–Kier alpha value is 0.310. The Balaban J connectivity index is 0. The van der Waals surface area contributed by atoms with Gasteiger partial charge in [0.2, 0.25) is 0 Å². The molecule has 0 aliphatic rings. The largest absolute Gasteiger partial charge is 0.404 e. The van der Waals surface area contributed by atoms with Crippen LogP contribution in [-0.2, 0) is 0 Å². The van der Waals surface area contributed by atoms with Gasteiger partial charge in [0, 0.05) is 6.20 Å². The van der Waals surface area contributed by atoms with Gasteiger partial charge in [-0.3, -0.25) is 0 Å². The molecule has 3 heteroatoms. The molecule has 1 nitrogen and oxygen atoms in total. The van der Waals surface area contributed by atoms with E-state index in [-0.39, 0.29) is 12.4 Å². The molecule has 0 saturated heterocycles. The second-order valence-corrected chi connectivity index (χ2v) is 0.847. The second-order valence-electron chi connectivity index (χ2n) is 0.318. The topological polar surface area (TPSA) is 26.0 Å². The van der Waals surface area contributed by atoms with Crippen LogP contribution in [0, 0.1) is 0 Å². The third kappa shape index (κ3) is 13.4. The quantitative estimate of drug-likeness (QED) is 0.564. The van der Waals surface area contributed by atoms with Crippen LogP contribution in [0.2, 0.25) is 0 Å². The first kappa shape index (κ1) is 9.00. The van der Waals surface area contributed by atoms with Crippen molar-refractivity contribution in [1.82, 2.24) is 0 Å². The molecule has 0 fully saturated rings. The molecule has 0 atom stereocenters. The predicted molar refractivity (Wildman–Crippen MR) is 29.5 cm³/mol. The van der Waals surface area contributed by atoms with Crippen molar-refractivity contribution < 1.29 is 0 Å². The van der Waals surface area contributed by atoms with Crippen molar-refractivity contribution in [1.29, 1.82) is 0 Å². The number of rotatable bonds is 0. The van der Waals surface area contributed by atoms with Gasteiger partial charge in [-0.05, 0) is 4.99 Å². The fourth-order valence-electron chi connectivity index (χ4n) is 0. The molecule has 5 heavy (non-hydrogen) atoms. The lowest BCUT2D eigenvalue weighted by atomic mass is 11.1. The lowest BCUT2D eigenvalue weighted by molar-refractivity contribution is 1.63. The average molecular weight is 158 g/mol. The van der Waals surface area contributed by atoms with Crippen molar-refractivity contribution in [3.63, 3.8) is 0 Å². The van der Waals surface area contributed by atoms with Gasteiger partial charge in [0.05, 0.1) is 0 Å². The summed E-state index contributed by atoms with van der Waals surface area (Å²) in [5, 5.41) is 0. The SMILES string of the molecule is Cl.NC=CBr. The summed E-state index contributed by atoms with van der Waals surface area (Å²) < 4.78 is 0. The average Bonchev–Trinajstić information content (AvgIpc) is 1.37. The summed E-state index contributed by atoms with van der Waals surface area (Å²) in [6.07, 6.45) is 1.42. The first-order valence-corrected chi connectivity index (χ1v) is 1.80. The van der Waals surface area contributed by atoms with Crippen LogP contribution in [0.25, 0.3) is 0 Å². The summed E-state index contributed by atoms with van der Waals surface area (Å²) in [5.41, 5.74) is 4.80. The van der Waals surface area contributed by atoms with Gasteiger partial charge in [-0.15, -0.1) is 12.4 Å². The Morgan fingerprint density at radius 3 is 1.80 bits per heavy atom. The molecule has 0 aromatic rings. The fraction of sp³-hybridized carbons (Fsp3) is 0. The molecule has 0 spiro atoms. The summed E-state index contributed by atoms with van der Waals surface area (Å²) >= 11 is 2.94. The van der Waals surface area contributed by atoms with Crippen LogP contribution >= 0.6 is 28.3 Å². The van der Waals surface area contributed by atoms with E-state index >= 15 is 0 Å². The van der Waals surface area contributed by atoms with Gasteiger partial charge in [-0.1, -0.05) is 15.9 Å². The number of nitrogens with two attached hydrogens (primary N) is 1. The summed E-state index contributed by atoms with van der Waals surface area (Å²) in [4.78, 5) is 1.59. The molecule has 0 radical (unpaired) electrons. The molecular formula is C2H5BrClN. The molecular weight excluding hydrogens is 153 g/mol. The molecule has 0 amide bonds. The van der Waals surface area contributed by atoms with Crippen LogP contribution in [0.3, 0.4) is 0 Å². The number of hydrogen-bond acceptors (Lipinski definition) is 1. The number of hydrogen-bond donors (Lipinski definition) is 1. The van der Waals surface area contributed by atoms with E-state index in [2.05, 4.69) is 15.9 Å². The van der Waals surface area contributed by atoms with Crippen molar-refractivity contribution in [2.45, 2.75) is 0 Å². The maximum absolute atomic E-state index is 4.80.